The van der Waals surface area contributed by atoms with Crippen LogP contribution in [0.3, 0.4) is 0 Å². The average Bonchev–Trinajstić information content (AvgIpc) is 3.07. The molecule has 0 saturated heterocycles. The van der Waals surface area contributed by atoms with Gasteiger partial charge in [-0.25, -0.2) is 0 Å². The largest absolute Gasteiger partial charge is 0.493 e. The molecule has 124 valence electrons. The van der Waals surface area contributed by atoms with E-state index in [9.17, 15) is 4.79 Å². The van der Waals surface area contributed by atoms with Crippen LogP contribution in [0.4, 0.5) is 0 Å². The van der Waals surface area contributed by atoms with Crippen molar-refractivity contribution in [3.05, 3.63) is 46.2 Å². The highest BCUT2D eigenvalue weighted by atomic mass is 32.1. The van der Waals surface area contributed by atoms with Crippen molar-refractivity contribution < 1.29 is 14.3 Å². The molecule has 0 spiro atoms. The first kappa shape index (κ1) is 17.3. The number of rotatable bonds is 8. The Bertz CT molecular complexity index is 625. The van der Waals surface area contributed by atoms with Crippen LogP contribution in [0.25, 0.3) is 0 Å². The van der Waals surface area contributed by atoms with E-state index < -0.39 is 0 Å². The molecule has 0 bridgehead atoms. The fourth-order valence-corrected chi connectivity index (χ4v) is 3.15. The Morgan fingerprint density at radius 3 is 2.65 bits per heavy atom. The van der Waals surface area contributed by atoms with Crippen molar-refractivity contribution in [3.63, 3.8) is 0 Å². The van der Waals surface area contributed by atoms with Crippen molar-refractivity contribution in [2.24, 2.45) is 0 Å². The maximum Gasteiger partial charge on any atom is 0.220 e. The topological polar surface area (TPSA) is 47.6 Å². The first-order chi connectivity index (χ1) is 11.1. The Kier molecular flexibility index (Phi) is 6.47. The molecule has 5 heteroatoms. The number of hydrogen-bond donors (Lipinski definition) is 1. The van der Waals surface area contributed by atoms with Crippen LogP contribution >= 0.6 is 11.3 Å². The molecule has 0 saturated carbocycles. The molecule has 0 fully saturated rings. The van der Waals surface area contributed by atoms with Crippen molar-refractivity contribution in [2.75, 3.05) is 14.2 Å². The molecule has 1 amide bonds. The molecule has 0 aliphatic carbocycles. The third-order valence-corrected chi connectivity index (χ3v) is 4.63. The highest BCUT2D eigenvalue weighted by Gasteiger charge is 2.12. The molecule has 1 N–H and O–H groups in total. The van der Waals surface area contributed by atoms with Gasteiger partial charge in [-0.1, -0.05) is 12.1 Å². The summed E-state index contributed by atoms with van der Waals surface area (Å²) >= 11 is 1.74. The maximum absolute atomic E-state index is 12.1. The summed E-state index contributed by atoms with van der Waals surface area (Å²) in [7, 11) is 3.21. The Hall–Kier alpha value is -2.01. The maximum atomic E-state index is 12.1. The first-order valence-electron chi connectivity index (χ1n) is 7.67. The van der Waals surface area contributed by atoms with E-state index in [0.717, 1.165) is 18.4 Å². The van der Waals surface area contributed by atoms with Crippen LogP contribution in [0.2, 0.25) is 0 Å². The van der Waals surface area contributed by atoms with E-state index in [1.165, 1.54) is 4.88 Å². The summed E-state index contributed by atoms with van der Waals surface area (Å²) in [5.41, 5.74) is 0.995. The second-order valence-corrected chi connectivity index (χ2v) is 6.37. The molecular formula is C18H23NO3S. The normalized spacial score (nSPS) is 11.8. The number of nitrogens with one attached hydrogen (secondary N) is 1. The number of aryl methyl sites for hydroxylation is 1. The fourth-order valence-electron chi connectivity index (χ4n) is 2.40. The lowest BCUT2D eigenvalue weighted by molar-refractivity contribution is -0.121. The lowest BCUT2D eigenvalue weighted by Gasteiger charge is -2.16. The summed E-state index contributed by atoms with van der Waals surface area (Å²) in [5, 5.41) is 5.10. The molecule has 1 heterocycles. The molecule has 2 rings (SSSR count). The molecule has 1 unspecified atom stereocenters. The molecule has 2 aromatic rings. The SMILES string of the molecule is COc1ccc(C(C)NC(=O)CCCc2cccs2)cc1OC. The number of amides is 1. The summed E-state index contributed by atoms with van der Waals surface area (Å²) < 4.78 is 10.5. The van der Waals surface area contributed by atoms with Crippen LogP contribution in [-0.4, -0.2) is 20.1 Å². The van der Waals surface area contributed by atoms with Gasteiger partial charge >= 0.3 is 0 Å². The number of methoxy groups -OCH3 is 2. The number of ether oxygens (including phenoxy) is 2. The van der Waals surface area contributed by atoms with Gasteiger partial charge in [0.15, 0.2) is 11.5 Å². The van der Waals surface area contributed by atoms with Gasteiger partial charge in [-0.3, -0.25) is 4.79 Å². The molecule has 0 aliphatic heterocycles. The molecule has 1 aromatic carbocycles. The Labute approximate surface area is 141 Å². The van der Waals surface area contributed by atoms with Gasteiger partial charge in [-0.2, -0.15) is 0 Å². The number of benzene rings is 1. The van der Waals surface area contributed by atoms with Gasteiger partial charge in [-0.05, 0) is 48.9 Å². The van der Waals surface area contributed by atoms with E-state index in [-0.39, 0.29) is 11.9 Å². The van der Waals surface area contributed by atoms with Crippen molar-refractivity contribution >= 4 is 17.2 Å². The van der Waals surface area contributed by atoms with Gasteiger partial charge in [0.25, 0.3) is 0 Å². The Morgan fingerprint density at radius 1 is 1.22 bits per heavy atom. The smallest absolute Gasteiger partial charge is 0.220 e. The summed E-state index contributed by atoms with van der Waals surface area (Å²) in [6.45, 7) is 1.97. The van der Waals surface area contributed by atoms with Gasteiger partial charge in [-0.15, -0.1) is 11.3 Å². The van der Waals surface area contributed by atoms with E-state index in [1.807, 2.05) is 31.2 Å². The number of carbonyl (C=O) groups is 1. The molecule has 0 radical (unpaired) electrons. The first-order valence-corrected chi connectivity index (χ1v) is 8.55. The summed E-state index contributed by atoms with van der Waals surface area (Å²) in [6.07, 6.45) is 2.36. The fraction of sp³-hybridized carbons (Fsp3) is 0.389. The van der Waals surface area contributed by atoms with Crippen LogP contribution in [0, 0.1) is 0 Å². The van der Waals surface area contributed by atoms with Crippen LogP contribution in [-0.2, 0) is 11.2 Å². The quantitative estimate of drug-likeness (QED) is 0.795. The predicted octanol–water partition coefficient (Wildman–Crippen LogP) is 3.97. The van der Waals surface area contributed by atoms with Crippen LogP contribution in [0.1, 0.15) is 36.2 Å². The minimum absolute atomic E-state index is 0.0657. The van der Waals surface area contributed by atoms with Gasteiger partial charge in [0, 0.05) is 11.3 Å². The van der Waals surface area contributed by atoms with E-state index in [0.29, 0.717) is 17.9 Å². The second kappa shape index (κ2) is 8.58. The third-order valence-electron chi connectivity index (χ3n) is 3.69. The highest BCUT2D eigenvalue weighted by molar-refractivity contribution is 7.09. The third kappa shape index (κ3) is 4.99. The lowest BCUT2D eigenvalue weighted by atomic mass is 10.1. The average molecular weight is 333 g/mol. The monoisotopic (exact) mass is 333 g/mol. The predicted molar refractivity (Wildman–Crippen MR) is 93.4 cm³/mol. The van der Waals surface area contributed by atoms with E-state index >= 15 is 0 Å². The minimum Gasteiger partial charge on any atom is -0.493 e. The van der Waals surface area contributed by atoms with E-state index in [4.69, 9.17) is 9.47 Å². The van der Waals surface area contributed by atoms with E-state index in [1.54, 1.807) is 25.6 Å². The van der Waals surface area contributed by atoms with E-state index in [2.05, 4.69) is 16.8 Å². The van der Waals surface area contributed by atoms with Crippen molar-refractivity contribution in [1.82, 2.24) is 5.32 Å². The lowest BCUT2D eigenvalue weighted by Crippen LogP contribution is -2.26. The van der Waals surface area contributed by atoms with Gasteiger partial charge < -0.3 is 14.8 Å². The number of thiophene rings is 1. The van der Waals surface area contributed by atoms with Crippen molar-refractivity contribution in [2.45, 2.75) is 32.2 Å². The van der Waals surface area contributed by atoms with Crippen molar-refractivity contribution in [3.8, 4) is 11.5 Å². The Morgan fingerprint density at radius 2 is 2.00 bits per heavy atom. The molecular weight excluding hydrogens is 310 g/mol. The molecule has 4 nitrogen and oxygen atoms in total. The minimum atomic E-state index is -0.0657. The summed E-state index contributed by atoms with van der Waals surface area (Å²) in [5.74, 6) is 1.43. The highest BCUT2D eigenvalue weighted by Crippen LogP contribution is 2.29. The number of carbonyl (C=O) groups excluding carboxylic acids is 1. The summed E-state index contributed by atoms with van der Waals surface area (Å²) in [4.78, 5) is 13.4. The zero-order valence-corrected chi connectivity index (χ0v) is 14.6. The number of hydrogen-bond acceptors (Lipinski definition) is 4. The molecule has 1 aromatic heterocycles. The van der Waals surface area contributed by atoms with Crippen LogP contribution < -0.4 is 14.8 Å². The van der Waals surface area contributed by atoms with Crippen LogP contribution in [0.15, 0.2) is 35.7 Å². The van der Waals surface area contributed by atoms with Gasteiger partial charge in [0.2, 0.25) is 5.91 Å². The molecule has 23 heavy (non-hydrogen) atoms. The van der Waals surface area contributed by atoms with Gasteiger partial charge in [0.1, 0.15) is 0 Å². The Balaban J connectivity index is 1.85. The standard InChI is InChI=1S/C18H23NO3S/c1-13(14-9-10-16(21-2)17(12-14)22-3)19-18(20)8-4-6-15-7-5-11-23-15/h5,7,9-13H,4,6,8H2,1-3H3,(H,19,20). The summed E-state index contributed by atoms with van der Waals surface area (Å²) in [6, 6.07) is 9.78. The molecule has 0 aliphatic rings. The molecule has 1 atom stereocenters. The second-order valence-electron chi connectivity index (χ2n) is 5.34. The van der Waals surface area contributed by atoms with Gasteiger partial charge in [0.05, 0.1) is 20.3 Å². The van der Waals surface area contributed by atoms with Crippen LogP contribution in [0.5, 0.6) is 11.5 Å². The van der Waals surface area contributed by atoms with Crippen molar-refractivity contribution in [1.29, 1.82) is 0 Å². The zero-order valence-electron chi connectivity index (χ0n) is 13.8. The zero-order chi connectivity index (χ0) is 16.7.